The molecule has 37 heavy (non-hydrogen) atoms. The summed E-state index contributed by atoms with van der Waals surface area (Å²) in [6.45, 7) is 1.65. The summed E-state index contributed by atoms with van der Waals surface area (Å²) in [5, 5.41) is 4.58. The Morgan fingerprint density at radius 2 is 1.84 bits per heavy atom. The van der Waals surface area contributed by atoms with Crippen LogP contribution in [0.5, 0.6) is 0 Å². The van der Waals surface area contributed by atoms with Gasteiger partial charge in [0, 0.05) is 49.4 Å². The third-order valence-corrected chi connectivity index (χ3v) is 7.26. The van der Waals surface area contributed by atoms with Crippen molar-refractivity contribution in [1.82, 2.24) is 15.5 Å². The van der Waals surface area contributed by atoms with Gasteiger partial charge in [0.2, 0.25) is 11.8 Å². The Labute approximate surface area is 213 Å². The third kappa shape index (κ3) is 4.92. The van der Waals surface area contributed by atoms with E-state index in [0.29, 0.717) is 22.4 Å². The van der Waals surface area contributed by atoms with Crippen LogP contribution in [0, 0.1) is 0 Å². The molecule has 2 fully saturated rings. The number of hydrogen-bond acceptors (Lipinski definition) is 5. The van der Waals surface area contributed by atoms with Crippen molar-refractivity contribution in [3.05, 3.63) is 64.7 Å². The van der Waals surface area contributed by atoms with Crippen LogP contribution in [0.15, 0.2) is 42.5 Å². The van der Waals surface area contributed by atoms with E-state index in [9.17, 15) is 19.2 Å². The molecule has 4 amide bonds. The number of fused-ring (bicyclic) bond motifs is 1. The Balaban J connectivity index is 1.24. The van der Waals surface area contributed by atoms with Crippen LogP contribution in [0.3, 0.4) is 0 Å². The van der Waals surface area contributed by atoms with Crippen LogP contribution in [0.25, 0.3) is 0 Å². The average molecular weight is 511 g/mol. The van der Waals surface area contributed by atoms with Gasteiger partial charge in [0.25, 0.3) is 11.8 Å². The molecule has 3 aliphatic rings. The number of anilines is 1. The number of hydrogen-bond donors (Lipinski definition) is 2. The number of nitrogens with zero attached hydrogens (tertiary/aromatic N) is 2. The molecule has 0 spiro atoms. The Morgan fingerprint density at radius 3 is 2.59 bits per heavy atom. The summed E-state index contributed by atoms with van der Waals surface area (Å²) in [6.07, 6.45) is 3.56. The Kier molecular flexibility index (Phi) is 6.66. The fraction of sp³-hybridized carbons (Fsp3) is 0.407. The van der Waals surface area contributed by atoms with E-state index in [1.807, 2.05) is 0 Å². The van der Waals surface area contributed by atoms with Gasteiger partial charge in [0.1, 0.15) is 6.04 Å². The van der Waals surface area contributed by atoms with Gasteiger partial charge in [-0.25, -0.2) is 0 Å². The molecule has 1 unspecified atom stereocenters. The zero-order valence-electron chi connectivity index (χ0n) is 20.3. The number of carbonyl (C=O) groups excluding carboxylic acids is 4. The number of carbonyl (C=O) groups is 4. The first-order chi connectivity index (χ1) is 17.7. The molecule has 2 aromatic carbocycles. The van der Waals surface area contributed by atoms with Crippen LogP contribution >= 0.6 is 0 Å². The largest absolute Gasteiger partial charge is 0.372 e. The van der Waals surface area contributed by atoms with Crippen molar-refractivity contribution < 1.29 is 28.0 Å². The van der Waals surface area contributed by atoms with Gasteiger partial charge in [-0.3, -0.25) is 24.5 Å². The first kappa shape index (κ1) is 24.9. The highest BCUT2D eigenvalue weighted by Gasteiger charge is 2.42. The summed E-state index contributed by atoms with van der Waals surface area (Å²) in [5.74, 6) is -6.29. The second-order valence-electron chi connectivity index (χ2n) is 9.75. The standard InChI is InChI=1S/C27H28F2N4O4/c28-27(29,19-5-4-6-20(14-19)32-11-2-1-3-12-32)26(37)30-15-17-7-8-21-18(13-17)16-33(25(21)36)22-9-10-23(34)31-24(22)35/h4-8,13-14,22H,1-3,9-12,15-16H2,(H,30,37)(H,31,34,35). The van der Waals surface area contributed by atoms with Crippen LogP contribution in [-0.2, 0) is 33.4 Å². The lowest BCUT2D eigenvalue weighted by Crippen LogP contribution is -2.52. The minimum absolute atomic E-state index is 0.139. The van der Waals surface area contributed by atoms with Gasteiger partial charge < -0.3 is 15.1 Å². The summed E-state index contributed by atoms with van der Waals surface area (Å²) in [6, 6.07) is 10.1. The predicted octanol–water partition coefficient (Wildman–Crippen LogP) is 2.85. The smallest absolute Gasteiger partial charge is 0.349 e. The van der Waals surface area contributed by atoms with E-state index >= 15 is 8.78 Å². The topological polar surface area (TPSA) is 98.8 Å². The number of nitrogens with one attached hydrogen (secondary N) is 2. The van der Waals surface area contributed by atoms with Crippen molar-refractivity contribution >= 4 is 29.3 Å². The molecular formula is C27H28F2N4O4. The molecule has 2 N–H and O–H groups in total. The first-order valence-electron chi connectivity index (χ1n) is 12.5. The predicted molar refractivity (Wildman–Crippen MR) is 131 cm³/mol. The highest BCUT2D eigenvalue weighted by Crippen LogP contribution is 2.32. The van der Waals surface area contributed by atoms with Crippen LogP contribution in [0.2, 0.25) is 0 Å². The van der Waals surface area contributed by atoms with E-state index < -0.39 is 23.8 Å². The molecular weight excluding hydrogens is 482 g/mol. The van der Waals surface area contributed by atoms with E-state index in [0.717, 1.165) is 32.4 Å². The maximum atomic E-state index is 15.0. The summed E-state index contributed by atoms with van der Waals surface area (Å²) < 4.78 is 30.1. The number of alkyl halides is 2. The fourth-order valence-electron chi connectivity index (χ4n) is 5.21. The van der Waals surface area contributed by atoms with Crippen LogP contribution < -0.4 is 15.5 Å². The molecule has 194 valence electrons. The molecule has 0 aromatic heterocycles. The molecule has 10 heteroatoms. The number of rotatable bonds is 6. The van der Waals surface area contributed by atoms with E-state index in [1.165, 1.54) is 17.0 Å². The van der Waals surface area contributed by atoms with E-state index in [1.54, 1.807) is 30.3 Å². The summed E-state index contributed by atoms with van der Waals surface area (Å²) in [5.41, 5.74) is 1.95. The van der Waals surface area contributed by atoms with Gasteiger partial charge in [-0.1, -0.05) is 24.3 Å². The number of imide groups is 1. The van der Waals surface area contributed by atoms with E-state index in [-0.39, 0.29) is 43.3 Å². The van der Waals surface area contributed by atoms with Gasteiger partial charge in [-0.05, 0) is 55.0 Å². The minimum Gasteiger partial charge on any atom is -0.372 e. The first-order valence-corrected chi connectivity index (χ1v) is 12.5. The summed E-state index contributed by atoms with van der Waals surface area (Å²) in [4.78, 5) is 52.5. The van der Waals surface area contributed by atoms with E-state index in [4.69, 9.17) is 0 Å². The van der Waals surface area contributed by atoms with Gasteiger partial charge in [-0.2, -0.15) is 8.78 Å². The lowest BCUT2D eigenvalue weighted by molar-refractivity contribution is -0.147. The highest BCUT2D eigenvalue weighted by molar-refractivity contribution is 6.05. The second-order valence-corrected chi connectivity index (χ2v) is 9.75. The third-order valence-electron chi connectivity index (χ3n) is 7.26. The molecule has 3 heterocycles. The molecule has 8 nitrogen and oxygen atoms in total. The molecule has 2 aromatic rings. The SMILES string of the molecule is O=C1CCC(N2Cc3cc(CNC(=O)C(F)(F)c4cccc(N5CCCCC5)c4)ccc3C2=O)C(=O)N1. The molecule has 2 saturated heterocycles. The summed E-state index contributed by atoms with van der Waals surface area (Å²) in [7, 11) is 0. The number of benzene rings is 2. The van der Waals surface area contributed by atoms with Crippen LogP contribution in [0.4, 0.5) is 14.5 Å². The van der Waals surface area contributed by atoms with Crippen molar-refractivity contribution in [3.63, 3.8) is 0 Å². The Hall–Kier alpha value is -3.82. The van der Waals surface area contributed by atoms with Crippen LogP contribution in [-0.4, -0.2) is 47.7 Å². The monoisotopic (exact) mass is 510 g/mol. The Bertz CT molecular complexity index is 1260. The van der Waals surface area contributed by atoms with Crippen molar-refractivity contribution in [2.75, 3.05) is 18.0 Å². The quantitative estimate of drug-likeness (QED) is 0.583. The number of halogens is 2. The lowest BCUT2D eigenvalue weighted by atomic mass is 10.0. The number of amides is 4. The van der Waals surface area contributed by atoms with Gasteiger partial charge in [0.05, 0.1) is 0 Å². The van der Waals surface area contributed by atoms with Crippen molar-refractivity contribution in [2.24, 2.45) is 0 Å². The maximum Gasteiger partial charge on any atom is 0.349 e. The summed E-state index contributed by atoms with van der Waals surface area (Å²) >= 11 is 0. The lowest BCUT2D eigenvalue weighted by Gasteiger charge is -2.29. The molecule has 0 bridgehead atoms. The molecule has 0 saturated carbocycles. The second kappa shape index (κ2) is 9.91. The molecule has 5 rings (SSSR count). The maximum absolute atomic E-state index is 15.0. The van der Waals surface area contributed by atoms with Crippen LogP contribution in [0.1, 0.15) is 59.2 Å². The minimum atomic E-state index is -3.71. The average Bonchev–Trinajstić information content (AvgIpc) is 3.23. The zero-order chi connectivity index (χ0) is 26.2. The molecule has 0 aliphatic carbocycles. The fourth-order valence-corrected chi connectivity index (χ4v) is 5.21. The normalized spacial score (nSPS) is 20.1. The number of piperidine rings is 2. The van der Waals surface area contributed by atoms with Crippen molar-refractivity contribution in [3.8, 4) is 0 Å². The molecule has 0 radical (unpaired) electrons. The van der Waals surface area contributed by atoms with E-state index in [2.05, 4.69) is 15.5 Å². The molecule has 1 atom stereocenters. The van der Waals surface area contributed by atoms with Crippen molar-refractivity contribution in [1.29, 1.82) is 0 Å². The highest BCUT2D eigenvalue weighted by atomic mass is 19.3. The van der Waals surface area contributed by atoms with Crippen molar-refractivity contribution in [2.45, 2.75) is 57.2 Å². The van der Waals surface area contributed by atoms with Gasteiger partial charge in [-0.15, -0.1) is 0 Å². The Morgan fingerprint density at radius 1 is 1.05 bits per heavy atom. The zero-order valence-corrected chi connectivity index (χ0v) is 20.3. The molecule has 3 aliphatic heterocycles. The van der Waals surface area contributed by atoms with Gasteiger partial charge >= 0.3 is 5.92 Å². The van der Waals surface area contributed by atoms with Gasteiger partial charge in [0.15, 0.2) is 0 Å².